The summed E-state index contributed by atoms with van der Waals surface area (Å²) < 4.78 is 30.4. The molecule has 1 unspecified atom stereocenters. The predicted molar refractivity (Wildman–Crippen MR) is 68.7 cm³/mol. The van der Waals surface area contributed by atoms with Crippen molar-refractivity contribution >= 4 is 21.5 Å². The average Bonchev–Trinajstić information content (AvgIpc) is 2.25. The van der Waals surface area contributed by atoms with E-state index >= 15 is 0 Å². The lowest BCUT2D eigenvalue weighted by atomic mass is 10.1. The van der Waals surface area contributed by atoms with Gasteiger partial charge in [0, 0.05) is 5.56 Å². The first kappa shape index (κ1) is 12.9. The Bertz CT molecular complexity index is 594. The molecule has 6 heteroatoms. The Kier molecular flexibility index (Phi) is 3.06. The minimum atomic E-state index is -3.37. The number of hydrogen-bond acceptors (Lipinski definition) is 4. The molecule has 1 aliphatic rings. The molecule has 0 aromatic heterocycles. The second-order valence-corrected chi connectivity index (χ2v) is 6.37. The van der Waals surface area contributed by atoms with Gasteiger partial charge in [0.25, 0.3) is 0 Å². The molecule has 1 heterocycles. The molecule has 0 spiro atoms. The molecular formula is C12H15NO4S. The van der Waals surface area contributed by atoms with Gasteiger partial charge in [0.2, 0.25) is 10.0 Å². The zero-order valence-electron chi connectivity index (χ0n) is 10.5. The zero-order chi connectivity index (χ0) is 13.5. The molecule has 98 valence electrons. The summed E-state index contributed by atoms with van der Waals surface area (Å²) in [6.45, 7) is 3.51. The minimum absolute atomic E-state index is 0.107. The van der Waals surface area contributed by atoms with Gasteiger partial charge in [-0.3, -0.25) is 9.10 Å². The van der Waals surface area contributed by atoms with Crippen molar-refractivity contribution in [2.45, 2.75) is 20.0 Å². The van der Waals surface area contributed by atoms with Crippen LogP contribution in [0.5, 0.6) is 5.75 Å². The zero-order valence-corrected chi connectivity index (χ0v) is 11.3. The van der Waals surface area contributed by atoms with Crippen LogP contribution in [0.25, 0.3) is 0 Å². The van der Waals surface area contributed by atoms with Crippen molar-refractivity contribution in [3.63, 3.8) is 0 Å². The Hall–Kier alpha value is -1.56. The van der Waals surface area contributed by atoms with Crippen molar-refractivity contribution in [1.29, 1.82) is 0 Å². The molecule has 18 heavy (non-hydrogen) atoms. The molecule has 1 aromatic carbocycles. The van der Waals surface area contributed by atoms with Crippen molar-refractivity contribution in [2.24, 2.45) is 0 Å². The Morgan fingerprint density at radius 2 is 2.11 bits per heavy atom. The molecular weight excluding hydrogens is 254 g/mol. The summed E-state index contributed by atoms with van der Waals surface area (Å²) in [5, 5.41) is 0. The number of carbonyl (C=O) groups excluding carboxylic acids is 1. The minimum Gasteiger partial charge on any atom is -0.487 e. The van der Waals surface area contributed by atoms with Crippen LogP contribution in [0.2, 0.25) is 0 Å². The number of ether oxygens (including phenoxy) is 1. The summed E-state index contributed by atoms with van der Waals surface area (Å²) in [6, 6.07) is 4.84. The van der Waals surface area contributed by atoms with Crippen LogP contribution in [-0.4, -0.2) is 33.1 Å². The third-order valence-electron chi connectivity index (χ3n) is 2.79. The topological polar surface area (TPSA) is 63.7 Å². The SMILES string of the molecule is CC(=O)c1ccc2c(c1)N(S(C)(=O)=O)CC(C)O2. The molecule has 0 aliphatic carbocycles. The van der Waals surface area contributed by atoms with Crippen molar-refractivity contribution in [3.05, 3.63) is 23.8 Å². The first-order valence-electron chi connectivity index (χ1n) is 5.58. The van der Waals surface area contributed by atoms with Crippen molar-refractivity contribution in [2.75, 3.05) is 17.1 Å². The van der Waals surface area contributed by atoms with E-state index in [-0.39, 0.29) is 18.4 Å². The van der Waals surface area contributed by atoms with Crippen LogP contribution in [0.3, 0.4) is 0 Å². The number of Topliss-reactive ketones (excluding diaryl/α,β-unsaturated/α-hetero) is 1. The van der Waals surface area contributed by atoms with Gasteiger partial charge in [-0.2, -0.15) is 0 Å². The number of nitrogens with zero attached hydrogens (tertiary/aromatic N) is 1. The van der Waals surface area contributed by atoms with E-state index in [1.807, 2.05) is 0 Å². The van der Waals surface area contributed by atoms with Crippen LogP contribution in [0, 0.1) is 0 Å². The fourth-order valence-electron chi connectivity index (χ4n) is 1.93. The maximum Gasteiger partial charge on any atom is 0.232 e. The maximum absolute atomic E-state index is 11.8. The van der Waals surface area contributed by atoms with Gasteiger partial charge in [0.1, 0.15) is 11.9 Å². The summed E-state index contributed by atoms with van der Waals surface area (Å²) >= 11 is 0. The van der Waals surface area contributed by atoms with E-state index in [0.717, 1.165) is 6.26 Å². The van der Waals surface area contributed by atoms with Crippen molar-refractivity contribution in [3.8, 4) is 5.75 Å². The molecule has 0 fully saturated rings. The molecule has 0 bridgehead atoms. The molecule has 0 amide bonds. The smallest absolute Gasteiger partial charge is 0.232 e. The molecule has 1 aliphatic heterocycles. The van der Waals surface area contributed by atoms with E-state index in [1.165, 1.54) is 11.2 Å². The number of sulfonamides is 1. The highest BCUT2D eigenvalue weighted by Crippen LogP contribution is 2.35. The second kappa shape index (κ2) is 4.28. The van der Waals surface area contributed by atoms with Gasteiger partial charge in [-0.05, 0) is 32.0 Å². The van der Waals surface area contributed by atoms with Crippen LogP contribution in [-0.2, 0) is 10.0 Å². The van der Waals surface area contributed by atoms with Crippen LogP contribution in [0.4, 0.5) is 5.69 Å². The van der Waals surface area contributed by atoms with Gasteiger partial charge < -0.3 is 4.74 Å². The number of fused-ring (bicyclic) bond motifs is 1. The van der Waals surface area contributed by atoms with E-state index in [0.29, 0.717) is 17.0 Å². The number of benzene rings is 1. The fraction of sp³-hybridized carbons (Fsp3) is 0.417. The molecule has 1 atom stereocenters. The molecule has 0 saturated carbocycles. The maximum atomic E-state index is 11.8. The third kappa shape index (κ3) is 2.33. The third-order valence-corrected chi connectivity index (χ3v) is 3.93. The van der Waals surface area contributed by atoms with Crippen molar-refractivity contribution in [1.82, 2.24) is 0 Å². The molecule has 5 nitrogen and oxygen atoms in total. The fourth-order valence-corrected chi connectivity index (χ4v) is 2.91. The summed E-state index contributed by atoms with van der Waals surface area (Å²) in [5.41, 5.74) is 0.906. The van der Waals surface area contributed by atoms with Gasteiger partial charge in [0.15, 0.2) is 5.78 Å². The normalized spacial score (nSPS) is 19.1. The van der Waals surface area contributed by atoms with Gasteiger partial charge in [-0.15, -0.1) is 0 Å². The van der Waals surface area contributed by atoms with Crippen molar-refractivity contribution < 1.29 is 17.9 Å². The Morgan fingerprint density at radius 1 is 1.44 bits per heavy atom. The van der Waals surface area contributed by atoms with Crippen LogP contribution in [0.15, 0.2) is 18.2 Å². The lowest BCUT2D eigenvalue weighted by Gasteiger charge is -2.33. The largest absolute Gasteiger partial charge is 0.487 e. The van der Waals surface area contributed by atoms with Crippen LogP contribution < -0.4 is 9.04 Å². The lowest BCUT2D eigenvalue weighted by Crippen LogP contribution is -2.41. The Balaban J connectivity index is 2.58. The number of hydrogen-bond donors (Lipinski definition) is 0. The Labute approximate surface area is 106 Å². The van der Waals surface area contributed by atoms with Crippen LogP contribution in [0.1, 0.15) is 24.2 Å². The van der Waals surface area contributed by atoms with E-state index < -0.39 is 10.0 Å². The Morgan fingerprint density at radius 3 is 2.67 bits per heavy atom. The summed E-state index contributed by atoms with van der Waals surface area (Å²) in [4.78, 5) is 11.3. The van der Waals surface area contributed by atoms with E-state index in [9.17, 15) is 13.2 Å². The van der Waals surface area contributed by atoms with Gasteiger partial charge in [-0.1, -0.05) is 0 Å². The van der Waals surface area contributed by atoms with Gasteiger partial charge in [-0.25, -0.2) is 8.42 Å². The first-order valence-corrected chi connectivity index (χ1v) is 7.43. The van der Waals surface area contributed by atoms with E-state index in [2.05, 4.69) is 0 Å². The van der Waals surface area contributed by atoms with Crippen LogP contribution >= 0.6 is 0 Å². The number of rotatable bonds is 2. The summed E-state index contributed by atoms with van der Waals surface area (Å²) in [7, 11) is -3.37. The number of anilines is 1. The quantitative estimate of drug-likeness (QED) is 0.762. The predicted octanol–water partition coefficient (Wildman–Crippen LogP) is 1.44. The van der Waals surface area contributed by atoms with E-state index in [1.54, 1.807) is 25.1 Å². The lowest BCUT2D eigenvalue weighted by molar-refractivity contribution is 0.101. The summed E-state index contributed by atoms with van der Waals surface area (Å²) in [5.74, 6) is 0.383. The summed E-state index contributed by atoms with van der Waals surface area (Å²) in [6.07, 6.45) is 0.935. The standard InChI is InChI=1S/C12H15NO4S/c1-8-7-13(18(3,15)16)11-6-10(9(2)14)4-5-12(11)17-8/h4-6,8H,7H2,1-3H3. The van der Waals surface area contributed by atoms with E-state index in [4.69, 9.17) is 4.74 Å². The van der Waals surface area contributed by atoms with Gasteiger partial charge >= 0.3 is 0 Å². The average molecular weight is 269 g/mol. The monoisotopic (exact) mass is 269 g/mol. The molecule has 0 radical (unpaired) electrons. The number of ketones is 1. The highest BCUT2D eigenvalue weighted by Gasteiger charge is 2.29. The highest BCUT2D eigenvalue weighted by atomic mass is 32.2. The molecule has 1 aromatic rings. The molecule has 0 saturated heterocycles. The van der Waals surface area contributed by atoms with Gasteiger partial charge in [0.05, 0.1) is 18.5 Å². The highest BCUT2D eigenvalue weighted by molar-refractivity contribution is 7.92. The number of carbonyl (C=O) groups is 1. The molecule has 0 N–H and O–H groups in total. The first-order chi connectivity index (χ1) is 8.29. The second-order valence-electron chi connectivity index (χ2n) is 4.46. The molecule has 2 rings (SSSR count).